The summed E-state index contributed by atoms with van der Waals surface area (Å²) in [7, 11) is 0. The molecule has 0 aromatic heterocycles. The van der Waals surface area contributed by atoms with Crippen molar-refractivity contribution in [2.45, 2.75) is 19.0 Å². The number of phenolic OH excluding ortho intramolecular Hbond substituents is 1. The number of aromatic hydroxyl groups is 1. The molecule has 5 heteroatoms. The van der Waals surface area contributed by atoms with Crippen molar-refractivity contribution in [1.82, 2.24) is 4.90 Å². The number of carboxylic acids is 1. The fraction of sp³-hybridized carbons (Fsp3) is 0.462. The van der Waals surface area contributed by atoms with E-state index >= 15 is 0 Å². The van der Waals surface area contributed by atoms with Crippen LogP contribution >= 0.6 is 15.9 Å². The Kier molecular flexibility index (Phi) is 2.83. The molecule has 0 spiro atoms. The van der Waals surface area contributed by atoms with Gasteiger partial charge in [-0.3, -0.25) is 9.69 Å². The number of carboxylic acid groups (broad SMARTS) is 1. The maximum atomic E-state index is 11.3. The maximum Gasteiger partial charge on any atom is 0.321 e. The number of phenols is 1. The number of carbonyl (C=O) groups is 1. The minimum Gasteiger partial charge on any atom is -0.508 e. The summed E-state index contributed by atoms with van der Waals surface area (Å²) >= 11 is 3.29. The van der Waals surface area contributed by atoms with E-state index in [1.165, 1.54) is 0 Å². The fourth-order valence-corrected chi connectivity index (χ4v) is 3.29. The number of likely N-dealkylation sites (tertiary alicyclic amines) is 1. The van der Waals surface area contributed by atoms with E-state index in [1.54, 1.807) is 6.07 Å². The van der Waals surface area contributed by atoms with Gasteiger partial charge in [0, 0.05) is 23.1 Å². The molecule has 1 saturated heterocycles. The van der Waals surface area contributed by atoms with E-state index in [0.29, 0.717) is 18.4 Å². The molecule has 2 aliphatic rings. The highest BCUT2D eigenvalue weighted by Crippen LogP contribution is 2.50. The highest BCUT2D eigenvalue weighted by molar-refractivity contribution is 9.10. The largest absolute Gasteiger partial charge is 0.508 e. The zero-order valence-corrected chi connectivity index (χ0v) is 11.3. The number of benzene rings is 1. The van der Waals surface area contributed by atoms with Gasteiger partial charge in [-0.1, -0.05) is 22.0 Å². The molecular weight excluding hydrogens is 298 g/mol. The van der Waals surface area contributed by atoms with Crippen LogP contribution in [0.15, 0.2) is 22.7 Å². The smallest absolute Gasteiger partial charge is 0.321 e. The van der Waals surface area contributed by atoms with Crippen LogP contribution in [0.5, 0.6) is 5.75 Å². The summed E-state index contributed by atoms with van der Waals surface area (Å²) in [5.74, 6) is 0.342. The molecule has 1 aromatic rings. The van der Waals surface area contributed by atoms with Gasteiger partial charge < -0.3 is 10.2 Å². The van der Waals surface area contributed by atoms with Crippen LogP contribution in [0.4, 0.5) is 0 Å². The van der Waals surface area contributed by atoms with Crippen molar-refractivity contribution >= 4 is 21.9 Å². The Morgan fingerprint density at radius 3 is 2.94 bits per heavy atom. The Balaban J connectivity index is 1.78. The average molecular weight is 312 g/mol. The third-order valence-electron chi connectivity index (χ3n) is 3.92. The zero-order valence-electron chi connectivity index (χ0n) is 9.71. The Morgan fingerprint density at radius 2 is 2.28 bits per heavy atom. The van der Waals surface area contributed by atoms with Gasteiger partial charge in [-0.2, -0.15) is 0 Å². The predicted molar refractivity (Wildman–Crippen MR) is 69.2 cm³/mol. The molecule has 18 heavy (non-hydrogen) atoms. The normalized spacial score (nSPS) is 30.2. The molecule has 0 bridgehead atoms. The summed E-state index contributed by atoms with van der Waals surface area (Å²) in [5, 5.41) is 19.1. The first-order valence-electron chi connectivity index (χ1n) is 6.00. The van der Waals surface area contributed by atoms with Crippen molar-refractivity contribution in [1.29, 1.82) is 0 Å². The van der Waals surface area contributed by atoms with Crippen LogP contribution in [0.25, 0.3) is 0 Å². The molecule has 1 saturated carbocycles. The number of hydrogen-bond acceptors (Lipinski definition) is 3. The standard InChI is InChI=1S/C13H14BrNO3/c14-9-2-1-7(11(16)4-9)5-15-6-8-3-10(8)12(15)13(17)18/h1-2,4,8,10,12,16H,3,5-6H2,(H,17,18)/t8-,10-,12+/m1/s1. The Morgan fingerprint density at radius 1 is 1.50 bits per heavy atom. The summed E-state index contributed by atoms with van der Waals surface area (Å²) in [5.41, 5.74) is 0.783. The SMILES string of the molecule is O=C(O)[C@@H]1[C@@H]2C[C@@H]2CN1Cc1ccc(Br)cc1O. The third-order valence-corrected chi connectivity index (χ3v) is 4.41. The van der Waals surface area contributed by atoms with E-state index in [4.69, 9.17) is 0 Å². The van der Waals surface area contributed by atoms with Crippen LogP contribution in [0.1, 0.15) is 12.0 Å². The number of nitrogens with zero attached hydrogens (tertiary/aromatic N) is 1. The minimum atomic E-state index is -0.739. The van der Waals surface area contributed by atoms with Crippen LogP contribution in [-0.2, 0) is 11.3 Å². The minimum absolute atomic E-state index is 0.217. The number of fused-ring (bicyclic) bond motifs is 1. The van der Waals surface area contributed by atoms with E-state index in [0.717, 1.165) is 23.0 Å². The molecule has 0 amide bonds. The Bertz CT molecular complexity index is 505. The summed E-state index contributed by atoms with van der Waals surface area (Å²) in [4.78, 5) is 13.2. The van der Waals surface area contributed by atoms with E-state index in [-0.39, 0.29) is 11.8 Å². The van der Waals surface area contributed by atoms with Crippen LogP contribution in [0, 0.1) is 11.8 Å². The molecule has 3 rings (SSSR count). The van der Waals surface area contributed by atoms with Crippen LogP contribution in [0.2, 0.25) is 0 Å². The highest BCUT2D eigenvalue weighted by atomic mass is 79.9. The van der Waals surface area contributed by atoms with Crippen molar-refractivity contribution in [3.8, 4) is 5.75 Å². The summed E-state index contributed by atoms with van der Waals surface area (Å²) < 4.78 is 0.822. The number of piperidine rings is 1. The second-order valence-electron chi connectivity index (χ2n) is 5.15. The van der Waals surface area contributed by atoms with Crippen LogP contribution < -0.4 is 0 Å². The predicted octanol–water partition coefficient (Wildman–Crippen LogP) is 2.06. The van der Waals surface area contributed by atoms with E-state index in [2.05, 4.69) is 15.9 Å². The van der Waals surface area contributed by atoms with Crippen molar-refractivity contribution in [3.05, 3.63) is 28.2 Å². The average Bonchev–Trinajstić information content (AvgIpc) is 2.93. The van der Waals surface area contributed by atoms with Crippen LogP contribution in [0.3, 0.4) is 0 Å². The molecule has 96 valence electrons. The van der Waals surface area contributed by atoms with Gasteiger partial charge in [0.15, 0.2) is 0 Å². The summed E-state index contributed by atoms with van der Waals surface area (Å²) in [6.45, 7) is 1.33. The lowest BCUT2D eigenvalue weighted by atomic mass is 10.1. The molecule has 1 aromatic carbocycles. The lowest BCUT2D eigenvalue weighted by Gasteiger charge is -2.24. The topological polar surface area (TPSA) is 60.8 Å². The summed E-state index contributed by atoms with van der Waals surface area (Å²) in [6, 6.07) is 4.96. The molecule has 2 N–H and O–H groups in total. The van der Waals surface area contributed by atoms with Crippen molar-refractivity contribution in [2.24, 2.45) is 11.8 Å². The lowest BCUT2D eigenvalue weighted by Crippen LogP contribution is -2.38. The third kappa shape index (κ3) is 2.01. The maximum absolute atomic E-state index is 11.3. The van der Waals surface area contributed by atoms with Crippen LogP contribution in [-0.4, -0.2) is 33.7 Å². The second kappa shape index (κ2) is 4.24. The fourth-order valence-electron chi connectivity index (χ4n) is 2.94. The molecular formula is C13H14BrNO3. The van der Waals surface area contributed by atoms with Gasteiger partial charge in [0.1, 0.15) is 11.8 Å². The zero-order chi connectivity index (χ0) is 12.9. The molecule has 1 aliphatic carbocycles. The molecule has 2 fully saturated rings. The first kappa shape index (κ1) is 12.0. The molecule has 0 radical (unpaired) electrons. The number of hydrogen-bond donors (Lipinski definition) is 2. The van der Waals surface area contributed by atoms with E-state index in [9.17, 15) is 15.0 Å². The number of aliphatic carboxylic acids is 1. The molecule has 1 aliphatic heterocycles. The van der Waals surface area contributed by atoms with Gasteiger partial charge >= 0.3 is 5.97 Å². The van der Waals surface area contributed by atoms with Gasteiger partial charge in [0.2, 0.25) is 0 Å². The van der Waals surface area contributed by atoms with E-state index in [1.807, 2.05) is 17.0 Å². The first-order valence-corrected chi connectivity index (χ1v) is 6.80. The lowest BCUT2D eigenvalue weighted by molar-refractivity contribution is -0.143. The van der Waals surface area contributed by atoms with Crippen molar-refractivity contribution in [3.63, 3.8) is 0 Å². The first-order chi connectivity index (χ1) is 8.56. The second-order valence-corrected chi connectivity index (χ2v) is 6.06. The van der Waals surface area contributed by atoms with Gasteiger partial charge in [-0.25, -0.2) is 0 Å². The van der Waals surface area contributed by atoms with Gasteiger partial charge in [-0.15, -0.1) is 0 Å². The van der Waals surface area contributed by atoms with Gasteiger partial charge in [0.05, 0.1) is 0 Å². The summed E-state index contributed by atoms with van der Waals surface area (Å²) in [6.07, 6.45) is 1.04. The van der Waals surface area contributed by atoms with Crippen molar-refractivity contribution in [2.75, 3.05) is 6.54 Å². The molecule has 1 heterocycles. The number of halogens is 1. The molecule has 0 unspecified atom stereocenters. The monoisotopic (exact) mass is 311 g/mol. The van der Waals surface area contributed by atoms with E-state index < -0.39 is 5.97 Å². The molecule has 4 nitrogen and oxygen atoms in total. The Labute approximate surface area is 113 Å². The van der Waals surface area contributed by atoms with Gasteiger partial charge in [0.25, 0.3) is 0 Å². The van der Waals surface area contributed by atoms with Gasteiger partial charge in [-0.05, 0) is 30.4 Å². The number of rotatable bonds is 3. The van der Waals surface area contributed by atoms with Crippen molar-refractivity contribution < 1.29 is 15.0 Å². The quantitative estimate of drug-likeness (QED) is 0.897. The molecule has 3 atom stereocenters. The highest BCUT2D eigenvalue weighted by Gasteiger charge is 2.55. The Hall–Kier alpha value is -1.07.